The number of benzene rings is 2. The Kier molecular flexibility index (Phi) is 4.75. The summed E-state index contributed by atoms with van der Waals surface area (Å²) in [5, 5.41) is 3.25. The van der Waals surface area contributed by atoms with Gasteiger partial charge in [0.25, 0.3) is 5.91 Å². The van der Waals surface area contributed by atoms with Gasteiger partial charge in [-0.25, -0.2) is 0 Å². The first-order chi connectivity index (χ1) is 11.8. The predicted octanol–water partition coefficient (Wildman–Crippen LogP) is 4.25. The molecule has 0 aromatic heterocycles. The Labute approximate surface area is 159 Å². The molecule has 1 aliphatic rings. The first-order valence-corrected chi connectivity index (χ1v) is 8.79. The third-order valence-electron chi connectivity index (χ3n) is 3.77. The summed E-state index contributed by atoms with van der Waals surface area (Å²) in [6.45, 7) is 3.22. The van der Waals surface area contributed by atoms with Crippen molar-refractivity contribution in [1.29, 1.82) is 0 Å². The van der Waals surface area contributed by atoms with E-state index in [1.54, 1.807) is 44.2 Å². The first kappa shape index (κ1) is 17.8. The van der Waals surface area contributed by atoms with E-state index in [4.69, 9.17) is 16.3 Å². The summed E-state index contributed by atoms with van der Waals surface area (Å²) >= 11 is 9.39. The van der Waals surface area contributed by atoms with Gasteiger partial charge < -0.3 is 10.1 Å². The van der Waals surface area contributed by atoms with Gasteiger partial charge in [-0.3, -0.25) is 14.5 Å². The number of nitrogens with zero attached hydrogens (tertiary/aromatic N) is 1. The quantitative estimate of drug-likeness (QED) is 0.803. The van der Waals surface area contributed by atoms with Crippen molar-refractivity contribution in [3.63, 3.8) is 0 Å². The summed E-state index contributed by atoms with van der Waals surface area (Å²) in [5.41, 5.74) is 0.0842. The molecule has 0 atom stereocenters. The zero-order chi connectivity index (χ0) is 18.2. The molecule has 2 amide bonds. The van der Waals surface area contributed by atoms with Gasteiger partial charge in [0.05, 0.1) is 5.69 Å². The van der Waals surface area contributed by atoms with Crippen LogP contribution in [0.25, 0.3) is 0 Å². The molecule has 0 saturated carbocycles. The smallest absolute Gasteiger partial charge is 0.271 e. The van der Waals surface area contributed by atoms with Crippen LogP contribution in [0.2, 0.25) is 5.02 Å². The number of amides is 2. The second kappa shape index (κ2) is 6.69. The van der Waals surface area contributed by atoms with Crippen molar-refractivity contribution in [2.75, 3.05) is 16.8 Å². The number of hydrogen-bond donors (Lipinski definition) is 1. The van der Waals surface area contributed by atoms with Gasteiger partial charge >= 0.3 is 0 Å². The lowest BCUT2D eigenvalue weighted by molar-refractivity contribution is -0.133. The summed E-state index contributed by atoms with van der Waals surface area (Å²) in [6.07, 6.45) is 0. The molecule has 0 aliphatic carbocycles. The number of carbonyl (C=O) groups is 2. The molecular weight excluding hydrogens is 408 g/mol. The fourth-order valence-electron chi connectivity index (χ4n) is 2.58. The number of rotatable bonds is 3. The number of fused-ring (bicyclic) bond motifs is 1. The van der Waals surface area contributed by atoms with Crippen LogP contribution in [0.1, 0.15) is 13.8 Å². The SMILES string of the molecule is CC1(C)Oc2ccc(Cl)cc2N(CC(=O)Nc2ccc(Br)cc2)C1=O. The lowest BCUT2D eigenvalue weighted by Gasteiger charge is -2.38. The van der Waals surface area contributed by atoms with Crippen LogP contribution in [0.3, 0.4) is 0 Å². The van der Waals surface area contributed by atoms with Crippen molar-refractivity contribution >= 4 is 50.7 Å². The van der Waals surface area contributed by atoms with Crippen LogP contribution in [-0.2, 0) is 9.59 Å². The largest absolute Gasteiger partial charge is 0.476 e. The molecule has 2 aromatic carbocycles. The molecule has 0 radical (unpaired) electrons. The van der Waals surface area contributed by atoms with Crippen molar-refractivity contribution < 1.29 is 14.3 Å². The summed E-state index contributed by atoms with van der Waals surface area (Å²) < 4.78 is 6.66. The lowest BCUT2D eigenvalue weighted by Crippen LogP contribution is -2.54. The highest BCUT2D eigenvalue weighted by Gasteiger charge is 2.41. The Hall–Kier alpha value is -2.05. The highest BCUT2D eigenvalue weighted by atomic mass is 79.9. The Balaban J connectivity index is 1.85. The molecule has 1 aliphatic heterocycles. The van der Waals surface area contributed by atoms with Crippen molar-refractivity contribution in [3.05, 3.63) is 52.0 Å². The Bertz CT molecular complexity index is 837. The molecule has 0 fully saturated rings. The van der Waals surface area contributed by atoms with E-state index in [2.05, 4.69) is 21.2 Å². The van der Waals surface area contributed by atoms with Crippen molar-refractivity contribution in [1.82, 2.24) is 0 Å². The predicted molar refractivity (Wildman–Crippen MR) is 101 cm³/mol. The maximum atomic E-state index is 12.7. The molecule has 1 heterocycles. The van der Waals surface area contributed by atoms with Gasteiger partial charge in [0.1, 0.15) is 12.3 Å². The third-order valence-corrected chi connectivity index (χ3v) is 4.53. The van der Waals surface area contributed by atoms with E-state index in [1.807, 2.05) is 12.1 Å². The molecule has 130 valence electrons. The fourth-order valence-corrected chi connectivity index (χ4v) is 3.01. The maximum Gasteiger partial charge on any atom is 0.271 e. The van der Waals surface area contributed by atoms with Crippen LogP contribution in [0.4, 0.5) is 11.4 Å². The number of nitrogens with one attached hydrogen (secondary N) is 1. The Morgan fingerprint density at radius 1 is 1.24 bits per heavy atom. The van der Waals surface area contributed by atoms with E-state index in [0.29, 0.717) is 22.1 Å². The van der Waals surface area contributed by atoms with Crippen LogP contribution in [0.5, 0.6) is 5.75 Å². The van der Waals surface area contributed by atoms with Crippen LogP contribution in [0.15, 0.2) is 46.9 Å². The molecule has 0 saturated heterocycles. The van der Waals surface area contributed by atoms with E-state index in [-0.39, 0.29) is 18.4 Å². The Morgan fingerprint density at radius 3 is 2.60 bits per heavy atom. The topological polar surface area (TPSA) is 58.6 Å². The molecular formula is C18H16BrClN2O3. The number of carbonyl (C=O) groups excluding carboxylic acids is 2. The van der Waals surface area contributed by atoms with Crippen LogP contribution in [0, 0.1) is 0 Å². The van der Waals surface area contributed by atoms with Crippen molar-refractivity contribution in [2.24, 2.45) is 0 Å². The summed E-state index contributed by atoms with van der Waals surface area (Å²) in [6, 6.07) is 12.2. The zero-order valence-corrected chi connectivity index (χ0v) is 16.0. The van der Waals surface area contributed by atoms with Gasteiger partial charge in [0.15, 0.2) is 5.60 Å². The van der Waals surface area contributed by atoms with E-state index in [1.165, 1.54) is 4.90 Å². The van der Waals surface area contributed by atoms with Crippen molar-refractivity contribution in [3.8, 4) is 5.75 Å². The third kappa shape index (κ3) is 3.80. The number of halogens is 2. The van der Waals surface area contributed by atoms with Gasteiger partial charge in [-0.15, -0.1) is 0 Å². The molecule has 0 bridgehead atoms. The molecule has 1 N–H and O–H groups in total. The average molecular weight is 424 g/mol. The lowest BCUT2D eigenvalue weighted by atomic mass is 10.0. The molecule has 2 aromatic rings. The van der Waals surface area contributed by atoms with E-state index in [0.717, 1.165) is 4.47 Å². The molecule has 5 nitrogen and oxygen atoms in total. The van der Waals surface area contributed by atoms with Crippen LogP contribution in [-0.4, -0.2) is 24.0 Å². The molecule has 7 heteroatoms. The number of anilines is 2. The average Bonchev–Trinajstić information content (AvgIpc) is 2.55. The van der Waals surface area contributed by atoms with E-state index < -0.39 is 5.60 Å². The first-order valence-electron chi connectivity index (χ1n) is 7.62. The molecule has 0 unspecified atom stereocenters. The molecule has 25 heavy (non-hydrogen) atoms. The summed E-state index contributed by atoms with van der Waals surface area (Å²) in [5.74, 6) is -0.0852. The molecule has 0 spiro atoms. The van der Waals surface area contributed by atoms with Gasteiger partial charge in [-0.05, 0) is 56.3 Å². The van der Waals surface area contributed by atoms with Crippen LogP contribution < -0.4 is 15.0 Å². The summed E-state index contributed by atoms with van der Waals surface area (Å²) in [4.78, 5) is 26.6. The fraction of sp³-hybridized carbons (Fsp3) is 0.222. The number of ether oxygens (including phenoxy) is 1. The maximum absolute atomic E-state index is 12.7. The molecule has 3 rings (SSSR count). The minimum absolute atomic E-state index is 0.130. The van der Waals surface area contributed by atoms with Gasteiger partial charge in [-0.2, -0.15) is 0 Å². The minimum atomic E-state index is -1.06. The zero-order valence-electron chi connectivity index (χ0n) is 13.7. The van der Waals surface area contributed by atoms with Crippen molar-refractivity contribution in [2.45, 2.75) is 19.4 Å². The van der Waals surface area contributed by atoms with Gasteiger partial charge in [0.2, 0.25) is 5.91 Å². The Morgan fingerprint density at radius 2 is 1.92 bits per heavy atom. The minimum Gasteiger partial charge on any atom is -0.476 e. The highest BCUT2D eigenvalue weighted by Crippen LogP contribution is 2.39. The standard InChI is InChI=1S/C18H16BrClN2O3/c1-18(2)17(24)22(14-9-12(20)5-8-15(14)25-18)10-16(23)21-13-6-3-11(19)4-7-13/h3-9H,10H2,1-2H3,(H,21,23). The second-order valence-corrected chi connectivity index (χ2v) is 7.52. The van der Waals surface area contributed by atoms with Crippen LogP contribution >= 0.6 is 27.5 Å². The van der Waals surface area contributed by atoms with Gasteiger partial charge in [0, 0.05) is 15.2 Å². The number of hydrogen-bond acceptors (Lipinski definition) is 3. The van der Waals surface area contributed by atoms with E-state index >= 15 is 0 Å². The summed E-state index contributed by atoms with van der Waals surface area (Å²) in [7, 11) is 0. The highest BCUT2D eigenvalue weighted by molar-refractivity contribution is 9.10. The monoisotopic (exact) mass is 422 g/mol. The normalized spacial score (nSPS) is 15.4. The van der Waals surface area contributed by atoms with Gasteiger partial charge in [-0.1, -0.05) is 27.5 Å². The second-order valence-electron chi connectivity index (χ2n) is 6.17. The van der Waals surface area contributed by atoms with E-state index in [9.17, 15) is 9.59 Å².